The first-order chi connectivity index (χ1) is 16.2. The molecule has 0 aliphatic rings. The van der Waals surface area contributed by atoms with E-state index in [1.165, 1.54) is 5.56 Å². The average Bonchev–Trinajstić information content (AvgIpc) is 3.29. The lowest BCUT2D eigenvalue weighted by Crippen LogP contribution is -1.99. The van der Waals surface area contributed by atoms with Crippen molar-refractivity contribution in [3.8, 4) is 28.6 Å². The fraction of sp³-hybridized carbons (Fsp3) is 0.160. The summed E-state index contributed by atoms with van der Waals surface area (Å²) in [6.45, 7) is 0. The van der Waals surface area contributed by atoms with Crippen molar-refractivity contribution in [2.45, 2.75) is 10.9 Å². The molecule has 0 saturated heterocycles. The van der Waals surface area contributed by atoms with Gasteiger partial charge in [0.1, 0.15) is 0 Å². The second kappa shape index (κ2) is 10.7. The molecule has 0 atom stereocenters. The Kier molecular flexibility index (Phi) is 7.26. The monoisotopic (exact) mass is 460 g/mol. The zero-order valence-electron chi connectivity index (χ0n) is 18.6. The lowest BCUT2D eigenvalue weighted by molar-refractivity contribution is 0.324. The first-order valence-electron chi connectivity index (χ1n) is 10.3. The molecule has 0 aliphatic carbocycles. The molecular formula is C25H24N4O3S. The summed E-state index contributed by atoms with van der Waals surface area (Å²) in [5.74, 6) is 3.07. The van der Waals surface area contributed by atoms with Gasteiger partial charge in [-0.15, -0.1) is 10.2 Å². The molecule has 168 valence electrons. The van der Waals surface area contributed by atoms with Crippen LogP contribution in [-0.4, -0.2) is 42.4 Å². The molecule has 0 radical (unpaired) electrons. The van der Waals surface area contributed by atoms with Crippen LogP contribution in [0.2, 0.25) is 0 Å². The predicted octanol–water partition coefficient (Wildman–Crippen LogP) is 5.15. The van der Waals surface area contributed by atoms with E-state index in [0.29, 0.717) is 28.2 Å². The van der Waals surface area contributed by atoms with Gasteiger partial charge < -0.3 is 14.2 Å². The van der Waals surface area contributed by atoms with Crippen molar-refractivity contribution < 1.29 is 14.2 Å². The van der Waals surface area contributed by atoms with Crippen LogP contribution in [0, 0.1) is 0 Å². The van der Waals surface area contributed by atoms with Crippen molar-refractivity contribution in [3.63, 3.8) is 0 Å². The van der Waals surface area contributed by atoms with Crippen molar-refractivity contribution in [3.05, 3.63) is 83.9 Å². The van der Waals surface area contributed by atoms with Gasteiger partial charge in [-0.25, -0.2) is 0 Å². The number of rotatable bonds is 9. The van der Waals surface area contributed by atoms with E-state index >= 15 is 0 Å². The van der Waals surface area contributed by atoms with Crippen LogP contribution in [0.25, 0.3) is 11.4 Å². The highest BCUT2D eigenvalue weighted by Gasteiger charge is 2.15. The molecule has 8 heteroatoms. The van der Waals surface area contributed by atoms with Gasteiger partial charge in [0.05, 0.1) is 27.5 Å². The minimum atomic E-state index is 0.533. The minimum Gasteiger partial charge on any atom is -0.493 e. The van der Waals surface area contributed by atoms with Gasteiger partial charge >= 0.3 is 0 Å². The molecule has 33 heavy (non-hydrogen) atoms. The summed E-state index contributed by atoms with van der Waals surface area (Å²) in [6, 6.07) is 23.8. The SMILES string of the molecule is COc1cc(C=Nn2c(SCc3ccccc3)nnc2-c2ccccc2)cc(OC)c1OC. The standard InChI is InChI=1S/C25H24N4O3S/c1-30-21-14-19(15-22(31-2)23(21)32-3)16-26-29-24(20-12-8-5-9-13-20)27-28-25(29)33-17-18-10-6-4-7-11-18/h4-16H,17H2,1-3H3. The Morgan fingerprint density at radius 3 is 2.09 bits per heavy atom. The van der Waals surface area contributed by atoms with Crippen LogP contribution < -0.4 is 14.2 Å². The molecule has 0 unspecified atom stereocenters. The summed E-state index contributed by atoms with van der Waals surface area (Å²) in [5.41, 5.74) is 2.92. The van der Waals surface area contributed by atoms with Crippen molar-refractivity contribution in [2.24, 2.45) is 5.10 Å². The molecular weight excluding hydrogens is 436 g/mol. The van der Waals surface area contributed by atoms with E-state index in [1.54, 1.807) is 44.0 Å². The summed E-state index contributed by atoms with van der Waals surface area (Å²) < 4.78 is 18.1. The van der Waals surface area contributed by atoms with E-state index in [4.69, 9.17) is 19.3 Å². The fourth-order valence-electron chi connectivity index (χ4n) is 3.25. The van der Waals surface area contributed by atoms with Gasteiger partial charge in [-0.2, -0.15) is 9.78 Å². The first-order valence-corrected chi connectivity index (χ1v) is 11.2. The van der Waals surface area contributed by atoms with E-state index < -0.39 is 0 Å². The van der Waals surface area contributed by atoms with Crippen LogP contribution in [0.1, 0.15) is 11.1 Å². The molecule has 0 N–H and O–H groups in total. The van der Waals surface area contributed by atoms with Crippen molar-refractivity contribution in [1.82, 2.24) is 14.9 Å². The van der Waals surface area contributed by atoms with Crippen LogP contribution in [0.4, 0.5) is 0 Å². The van der Waals surface area contributed by atoms with Gasteiger partial charge in [0.2, 0.25) is 10.9 Å². The molecule has 0 bridgehead atoms. The van der Waals surface area contributed by atoms with E-state index in [0.717, 1.165) is 16.9 Å². The van der Waals surface area contributed by atoms with Crippen molar-refractivity contribution >= 4 is 18.0 Å². The minimum absolute atomic E-state index is 0.533. The fourth-order valence-corrected chi connectivity index (χ4v) is 4.09. The Morgan fingerprint density at radius 1 is 0.848 bits per heavy atom. The molecule has 4 rings (SSSR count). The lowest BCUT2D eigenvalue weighted by atomic mass is 10.2. The van der Waals surface area contributed by atoms with Gasteiger partial charge in [-0.3, -0.25) is 0 Å². The van der Waals surface area contributed by atoms with E-state index in [1.807, 2.05) is 60.7 Å². The summed E-state index contributed by atoms with van der Waals surface area (Å²) >= 11 is 1.58. The third-order valence-corrected chi connectivity index (χ3v) is 5.85. The molecule has 7 nitrogen and oxygen atoms in total. The number of methoxy groups -OCH3 is 3. The normalized spacial score (nSPS) is 11.0. The quantitative estimate of drug-likeness (QED) is 0.254. The highest BCUT2D eigenvalue weighted by molar-refractivity contribution is 7.98. The van der Waals surface area contributed by atoms with E-state index in [-0.39, 0.29) is 0 Å². The topological polar surface area (TPSA) is 70.8 Å². The van der Waals surface area contributed by atoms with Crippen LogP contribution in [0.5, 0.6) is 17.2 Å². The molecule has 4 aromatic rings. The maximum absolute atomic E-state index is 5.46. The molecule has 3 aromatic carbocycles. The van der Waals surface area contributed by atoms with E-state index in [9.17, 15) is 0 Å². The molecule has 0 aliphatic heterocycles. The van der Waals surface area contributed by atoms with Gasteiger partial charge in [0, 0.05) is 16.9 Å². The summed E-state index contributed by atoms with van der Waals surface area (Å²) in [7, 11) is 4.75. The summed E-state index contributed by atoms with van der Waals surface area (Å²) in [5, 5.41) is 14.2. The lowest BCUT2D eigenvalue weighted by Gasteiger charge is -2.12. The number of aromatic nitrogens is 3. The largest absolute Gasteiger partial charge is 0.493 e. The third-order valence-electron chi connectivity index (χ3n) is 4.86. The Labute approximate surface area is 197 Å². The summed E-state index contributed by atoms with van der Waals surface area (Å²) in [6.07, 6.45) is 1.73. The molecule has 0 fully saturated rings. The number of benzene rings is 3. The number of hydrogen-bond donors (Lipinski definition) is 0. The Balaban J connectivity index is 1.70. The van der Waals surface area contributed by atoms with Gasteiger partial charge in [0.25, 0.3) is 0 Å². The predicted molar refractivity (Wildman–Crippen MR) is 131 cm³/mol. The highest BCUT2D eigenvalue weighted by Crippen LogP contribution is 2.38. The Morgan fingerprint density at radius 2 is 1.48 bits per heavy atom. The zero-order chi connectivity index (χ0) is 23.0. The number of ether oxygens (including phenoxy) is 3. The molecule has 1 aromatic heterocycles. The number of thioether (sulfide) groups is 1. The van der Waals surface area contributed by atoms with Gasteiger partial charge in [-0.05, 0) is 17.7 Å². The van der Waals surface area contributed by atoms with Crippen LogP contribution >= 0.6 is 11.8 Å². The Hall–Kier alpha value is -3.78. The van der Waals surface area contributed by atoms with Crippen LogP contribution in [0.3, 0.4) is 0 Å². The maximum Gasteiger partial charge on any atom is 0.212 e. The van der Waals surface area contributed by atoms with Gasteiger partial charge in [-0.1, -0.05) is 72.4 Å². The smallest absolute Gasteiger partial charge is 0.212 e. The molecule has 0 amide bonds. The first kappa shape index (κ1) is 22.4. The van der Waals surface area contributed by atoms with Crippen molar-refractivity contribution in [1.29, 1.82) is 0 Å². The zero-order valence-corrected chi connectivity index (χ0v) is 19.5. The second-order valence-corrected chi connectivity index (χ2v) is 7.90. The Bertz CT molecular complexity index is 1200. The number of hydrogen-bond acceptors (Lipinski definition) is 7. The van der Waals surface area contributed by atoms with Crippen LogP contribution in [0.15, 0.2) is 83.1 Å². The molecule has 0 spiro atoms. The average molecular weight is 461 g/mol. The highest BCUT2D eigenvalue weighted by atomic mass is 32.2. The van der Waals surface area contributed by atoms with E-state index in [2.05, 4.69) is 22.3 Å². The third kappa shape index (κ3) is 5.18. The molecule has 0 saturated carbocycles. The summed E-state index contributed by atoms with van der Waals surface area (Å²) in [4.78, 5) is 0. The van der Waals surface area contributed by atoms with Crippen molar-refractivity contribution in [2.75, 3.05) is 21.3 Å². The maximum atomic E-state index is 5.46. The second-order valence-electron chi connectivity index (χ2n) is 6.96. The number of nitrogens with zero attached hydrogens (tertiary/aromatic N) is 4. The van der Waals surface area contributed by atoms with Crippen LogP contribution in [-0.2, 0) is 5.75 Å². The molecule has 1 heterocycles. The van der Waals surface area contributed by atoms with Gasteiger partial charge in [0.15, 0.2) is 17.3 Å².